The van der Waals surface area contributed by atoms with Crippen LogP contribution < -0.4 is 10.2 Å². The number of hydrazine groups is 1. The number of nitrogens with zero attached hydrogens (tertiary/aromatic N) is 2. The van der Waals surface area contributed by atoms with E-state index in [0.29, 0.717) is 17.0 Å². The number of amides is 2. The van der Waals surface area contributed by atoms with Gasteiger partial charge in [-0.15, -0.1) is 0 Å². The number of hydrogen-bond acceptors (Lipinski definition) is 8. The largest absolute Gasteiger partial charge is 0.496 e. The number of carbonyl (C=O) groups is 2. The highest BCUT2D eigenvalue weighted by Crippen LogP contribution is 2.39. The minimum Gasteiger partial charge on any atom is -0.496 e. The number of ether oxygens (including phenoxy) is 1. The van der Waals surface area contributed by atoms with Crippen molar-refractivity contribution in [1.29, 1.82) is 0 Å². The van der Waals surface area contributed by atoms with Gasteiger partial charge < -0.3 is 15.3 Å². The van der Waals surface area contributed by atoms with Crippen LogP contribution in [0.4, 0.5) is 5.69 Å². The Labute approximate surface area is 249 Å². The van der Waals surface area contributed by atoms with Crippen molar-refractivity contribution < 1.29 is 27.9 Å². The lowest BCUT2D eigenvalue weighted by atomic mass is 9.90. The fraction of sp³-hybridized carbons (Fsp3) is 0.212. The topological polar surface area (TPSA) is 116 Å². The van der Waals surface area contributed by atoms with Gasteiger partial charge in [0, 0.05) is 17.5 Å². The van der Waals surface area contributed by atoms with E-state index in [1.165, 1.54) is 24.1 Å². The fourth-order valence-corrected chi connectivity index (χ4v) is 6.54. The van der Waals surface area contributed by atoms with Gasteiger partial charge in [0.05, 0.1) is 30.5 Å². The summed E-state index contributed by atoms with van der Waals surface area (Å²) in [5, 5.41) is 15.2. The smallest absolute Gasteiger partial charge is 0.249 e. The molecular weight excluding hydrogens is 566 g/mol. The third-order valence-corrected chi connectivity index (χ3v) is 9.21. The van der Waals surface area contributed by atoms with Crippen molar-refractivity contribution in [2.24, 2.45) is 5.92 Å². The number of nitrogens with one attached hydrogen (secondary N) is 1. The molecule has 9 nitrogen and oxygen atoms in total. The molecule has 10 heteroatoms. The van der Waals surface area contributed by atoms with Crippen molar-refractivity contribution in [2.45, 2.75) is 29.6 Å². The zero-order valence-corrected chi connectivity index (χ0v) is 24.4. The van der Waals surface area contributed by atoms with Crippen LogP contribution in [0.15, 0.2) is 108 Å². The van der Waals surface area contributed by atoms with Gasteiger partial charge in [-0.3, -0.25) is 14.5 Å². The minimum atomic E-state index is -3.42. The number of sulfone groups is 1. The second kappa shape index (κ2) is 11.3. The minimum absolute atomic E-state index is 0.108. The molecule has 1 saturated heterocycles. The van der Waals surface area contributed by atoms with Crippen LogP contribution in [0.1, 0.15) is 17.2 Å². The van der Waals surface area contributed by atoms with Gasteiger partial charge in [0.15, 0.2) is 9.84 Å². The van der Waals surface area contributed by atoms with Gasteiger partial charge in [-0.05, 0) is 46.7 Å². The van der Waals surface area contributed by atoms with Gasteiger partial charge in [-0.2, -0.15) is 0 Å². The van der Waals surface area contributed by atoms with Gasteiger partial charge in [-0.25, -0.2) is 13.4 Å². The zero-order chi connectivity index (χ0) is 30.3. The van der Waals surface area contributed by atoms with Gasteiger partial charge in [0.25, 0.3) is 0 Å². The molecular formula is C33H31N3O6S. The van der Waals surface area contributed by atoms with Crippen LogP contribution in [-0.2, 0) is 26.0 Å². The number of anilines is 1. The Hall–Kier alpha value is -4.51. The number of para-hydroxylation sites is 1. The summed E-state index contributed by atoms with van der Waals surface area (Å²) in [5.74, 6) is -1.03. The van der Waals surface area contributed by atoms with E-state index >= 15 is 0 Å². The lowest BCUT2D eigenvalue weighted by Crippen LogP contribution is -2.55. The summed E-state index contributed by atoms with van der Waals surface area (Å²) in [6, 6.07) is 25.1. The van der Waals surface area contributed by atoms with Crippen molar-refractivity contribution >= 4 is 38.1 Å². The normalized spacial score (nSPS) is 21.2. The summed E-state index contributed by atoms with van der Waals surface area (Å²) in [5.41, 5.74) is 5.08. The second-order valence-corrected chi connectivity index (χ2v) is 12.8. The van der Waals surface area contributed by atoms with Gasteiger partial charge >= 0.3 is 0 Å². The molecule has 0 aliphatic carbocycles. The third-order valence-electron chi connectivity index (χ3n) is 8.08. The van der Waals surface area contributed by atoms with Crippen molar-refractivity contribution in [3.05, 3.63) is 114 Å². The average Bonchev–Trinajstić information content (AvgIpc) is 3.25. The molecule has 0 bridgehead atoms. The first-order chi connectivity index (χ1) is 20.7. The number of hydrogen-bond donors (Lipinski definition) is 2. The van der Waals surface area contributed by atoms with E-state index in [4.69, 9.17) is 4.74 Å². The number of aliphatic hydroxyl groups is 1. The van der Waals surface area contributed by atoms with Crippen LogP contribution in [0, 0.1) is 5.92 Å². The standard InChI is InChI=1S/C33H31N3O6S/c1-42-29-13-6-5-12-26(29)31(37)28-19-18-27-30(36(28)34-23-14-16-24(17-15-23)43(2,40)41)33(39)35(32(27)38)20-22-10-7-9-21-8-3-4-11-25(21)22/h3-19,27-28,30-31,34,37H,20H2,1-2H3/t27-,28?,30+,31-/m1/s1. The lowest BCUT2D eigenvalue weighted by Gasteiger charge is -2.41. The van der Waals surface area contributed by atoms with Crippen molar-refractivity contribution in [3.8, 4) is 5.75 Å². The molecule has 0 spiro atoms. The maximum atomic E-state index is 14.1. The van der Waals surface area contributed by atoms with Crippen LogP contribution >= 0.6 is 0 Å². The Morgan fingerprint density at radius 3 is 2.33 bits per heavy atom. The number of benzene rings is 4. The molecule has 4 atom stereocenters. The Kier molecular flexibility index (Phi) is 7.51. The third kappa shape index (κ3) is 5.29. The number of rotatable bonds is 8. The molecule has 2 N–H and O–H groups in total. The predicted molar refractivity (Wildman–Crippen MR) is 163 cm³/mol. The van der Waals surface area contributed by atoms with E-state index in [1.807, 2.05) is 42.5 Å². The molecule has 0 radical (unpaired) electrons. The van der Waals surface area contributed by atoms with E-state index in [9.17, 15) is 23.1 Å². The monoisotopic (exact) mass is 597 g/mol. The number of likely N-dealkylation sites (tertiary alicyclic amines) is 1. The highest BCUT2D eigenvalue weighted by molar-refractivity contribution is 7.90. The molecule has 1 unspecified atom stereocenters. The maximum Gasteiger partial charge on any atom is 0.249 e. The quantitative estimate of drug-likeness (QED) is 0.230. The summed E-state index contributed by atoms with van der Waals surface area (Å²) in [4.78, 5) is 29.3. The van der Waals surface area contributed by atoms with Gasteiger partial charge in [-0.1, -0.05) is 72.8 Å². The van der Waals surface area contributed by atoms with E-state index in [1.54, 1.807) is 53.6 Å². The number of aliphatic hydroxyl groups excluding tert-OH is 1. The Morgan fingerprint density at radius 1 is 0.884 bits per heavy atom. The molecule has 2 aliphatic rings. The molecule has 0 saturated carbocycles. The molecule has 4 aromatic carbocycles. The predicted octanol–water partition coefficient (Wildman–Crippen LogP) is 4.11. The highest BCUT2D eigenvalue weighted by atomic mass is 32.2. The summed E-state index contributed by atoms with van der Waals surface area (Å²) in [7, 11) is -1.90. The average molecular weight is 598 g/mol. The number of methoxy groups -OCH3 is 1. The van der Waals surface area contributed by atoms with E-state index < -0.39 is 39.8 Å². The number of imide groups is 1. The Bertz CT molecular complexity index is 1830. The number of carbonyl (C=O) groups excluding carboxylic acids is 2. The molecule has 6 rings (SSSR count). The fourth-order valence-electron chi connectivity index (χ4n) is 5.91. The van der Waals surface area contributed by atoms with E-state index in [-0.39, 0.29) is 17.3 Å². The molecule has 2 aliphatic heterocycles. The number of fused-ring (bicyclic) bond motifs is 2. The second-order valence-electron chi connectivity index (χ2n) is 10.7. The van der Waals surface area contributed by atoms with Gasteiger partial charge in [0.2, 0.25) is 11.8 Å². The van der Waals surface area contributed by atoms with E-state index in [0.717, 1.165) is 22.6 Å². The summed E-state index contributed by atoms with van der Waals surface area (Å²) < 4.78 is 29.5. The zero-order valence-electron chi connectivity index (χ0n) is 23.6. The Morgan fingerprint density at radius 2 is 1.58 bits per heavy atom. The van der Waals surface area contributed by atoms with Crippen LogP contribution in [0.5, 0.6) is 5.75 Å². The van der Waals surface area contributed by atoms with Gasteiger partial charge in [0.1, 0.15) is 17.9 Å². The molecule has 43 heavy (non-hydrogen) atoms. The van der Waals surface area contributed by atoms with Crippen molar-refractivity contribution in [2.75, 3.05) is 18.8 Å². The molecule has 2 heterocycles. The molecule has 220 valence electrons. The van der Waals surface area contributed by atoms with Crippen LogP contribution in [0.25, 0.3) is 10.8 Å². The first-order valence-electron chi connectivity index (χ1n) is 13.8. The molecule has 1 fully saturated rings. The maximum absolute atomic E-state index is 14.1. The first-order valence-corrected chi connectivity index (χ1v) is 15.7. The SMILES string of the molecule is COc1ccccc1[C@@H](O)C1C=C[C@H]2C(=O)N(Cc3cccc4ccccc34)C(=O)[C@H]2N1Nc1ccc(S(C)(=O)=O)cc1. The highest BCUT2D eigenvalue weighted by Gasteiger charge is 2.53. The van der Waals surface area contributed by atoms with Crippen LogP contribution in [0.2, 0.25) is 0 Å². The van der Waals surface area contributed by atoms with Crippen molar-refractivity contribution in [3.63, 3.8) is 0 Å². The first kappa shape index (κ1) is 28.6. The molecule has 0 aromatic heterocycles. The summed E-state index contributed by atoms with van der Waals surface area (Å²) >= 11 is 0. The van der Waals surface area contributed by atoms with Crippen LogP contribution in [-0.4, -0.2) is 60.7 Å². The summed E-state index contributed by atoms with van der Waals surface area (Å²) in [6.45, 7) is 0.108. The lowest BCUT2D eigenvalue weighted by molar-refractivity contribution is -0.140. The van der Waals surface area contributed by atoms with Crippen molar-refractivity contribution in [1.82, 2.24) is 9.91 Å². The summed E-state index contributed by atoms with van der Waals surface area (Å²) in [6.07, 6.45) is 3.42. The molecule has 2 amide bonds. The Balaban J connectivity index is 1.37. The van der Waals surface area contributed by atoms with E-state index in [2.05, 4.69) is 5.43 Å². The van der Waals surface area contributed by atoms with Crippen LogP contribution in [0.3, 0.4) is 0 Å². The molecule has 4 aromatic rings.